The highest BCUT2D eigenvalue weighted by Gasteiger charge is 2.13. The van der Waals surface area contributed by atoms with Crippen LogP contribution in [0.3, 0.4) is 0 Å². The van der Waals surface area contributed by atoms with Crippen LogP contribution < -0.4 is 39.3 Å². The summed E-state index contributed by atoms with van der Waals surface area (Å²) in [6, 6.07) is 6.86. The van der Waals surface area contributed by atoms with E-state index in [1.54, 1.807) is 24.3 Å². The minimum absolute atomic E-state index is 0.245. The Kier molecular flexibility index (Phi) is 13.3. The number of carbonyl (C=O) groups is 2. The second-order valence-corrected chi connectivity index (χ2v) is 8.84. The van der Waals surface area contributed by atoms with E-state index >= 15 is 0 Å². The Morgan fingerprint density at radius 3 is 1.26 bits per heavy atom. The summed E-state index contributed by atoms with van der Waals surface area (Å²) < 4.78 is 31.8. The van der Waals surface area contributed by atoms with E-state index in [9.17, 15) is 9.59 Å². The van der Waals surface area contributed by atoms with E-state index in [0.29, 0.717) is 57.1 Å². The van der Waals surface area contributed by atoms with Crippen LogP contribution in [0.1, 0.15) is 24.0 Å². The zero-order valence-corrected chi connectivity index (χ0v) is 23.7. The summed E-state index contributed by atoms with van der Waals surface area (Å²) in [5.74, 6) is 3.45. The summed E-state index contributed by atoms with van der Waals surface area (Å²) in [6.45, 7) is 0. The Balaban J connectivity index is 1.71. The maximum atomic E-state index is 12.1. The molecule has 0 spiro atoms. The lowest BCUT2D eigenvalue weighted by molar-refractivity contribution is -0.121. The Labute approximate surface area is 232 Å². The molecule has 0 fully saturated rings. The summed E-state index contributed by atoms with van der Waals surface area (Å²) in [5.41, 5.74) is 6.29. The molecule has 0 aliphatic rings. The van der Waals surface area contributed by atoms with Gasteiger partial charge in [-0.2, -0.15) is 22.0 Å². The molecule has 0 saturated heterocycles. The van der Waals surface area contributed by atoms with Crippen molar-refractivity contribution in [1.29, 1.82) is 0 Å². The van der Waals surface area contributed by atoms with Crippen LogP contribution in [0, 0.1) is 0 Å². The maximum absolute atomic E-state index is 12.1. The molecule has 2 amide bonds. The minimum atomic E-state index is -0.245. The number of nitrogens with one attached hydrogen (secondary N) is 2. The lowest BCUT2D eigenvalue weighted by atomic mass is 10.2. The van der Waals surface area contributed by atoms with Crippen LogP contribution in [-0.2, 0) is 9.59 Å². The largest absolute Gasteiger partial charge is 0.493 e. The first-order chi connectivity index (χ1) is 18.9. The first-order valence-electron chi connectivity index (χ1n) is 11.7. The first-order valence-corrected chi connectivity index (χ1v) is 12.9. The predicted octanol–water partition coefficient (Wildman–Crippen LogP) is 2.85. The van der Waals surface area contributed by atoms with Gasteiger partial charge in [-0.25, -0.2) is 10.9 Å². The summed E-state index contributed by atoms with van der Waals surface area (Å²) in [5, 5.41) is 7.95. The Bertz CT molecular complexity index is 1030. The lowest BCUT2D eigenvalue weighted by Gasteiger charge is -2.12. The molecule has 0 aliphatic heterocycles. The van der Waals surface area contributed by atoms with Crippen LogP contribution in [0.4, 0.5) is 0 Å². The van der Waals surface area contributed by atoms with Crippen molar-refractivity contribution in [3.8, 4) is 34.5 Å². The molecule has 2 aromatic carbocycles. The number of nitrogens with zero attached hydrogens (tertiary/aromatic N) is 2. The number of rotatable bonds is 16. The SMILES string of the molecule is COc1cc(C=NNC(=O)CCSCCC(=O)N/N=C/c2cc(OC)c(OC)c(OC)c2)cc(OC)c1OC. The van der Waals surface area contributed by atoms with Crippen molar-refractivity contribution in [2.24, 2.45) is 10.2 Å². The molecule has 0 atom stereocenters. The molecule has 0 unspecified atom stereocenters. The molecule has 0 saturated carbocycles. The fraction of sp³-hybridized carbons (Fsp3) is 0.385. The van der Waals surface area contributed by atoms with Crippen LogP contribution in [0.2, 0.25) is 0 Å². The van der Waals surface area contributed by atoms with Gasteiger partial charge < -0.3 is 28.4 Å². The standard InChI is InChI=1S/C26H34N4O8S/c1-33-19-11-17(12-20(34-2)25(19)37-5)15-27-29-23(31)7-9-39-10-8-24(32)30-28-16-18-13-21(35-3)26(38-6)22(14-18)36-4/h11-16H,7-10H2,1-6H3,(H,29,31)(H,30,32)/b27-15+,28-16?. The van der Waals surface area contributed by atoms with Gasteiger partial charge in [0.05, 0.1) is 55.1 Å². The summed E-state index contributed by atoms with van der Waals surface area (Å²) in [4.78, 5) is 24.1. The van der Waals surface area contributed by atoms with E-state index in [1.165, 1.54) is 66.8 Å². The van der Waals surface area contributed by atoms with Gasteiger partial charge in [0, 0.05) is 35.5 Å². The molecule has 2 aromatic rings. The molecular formula is C26H34N4O8S. The molecule has 0 aromatic heterocycles. The number of methoxy groups -OCH3 is 6. The molecular weight excluding hydrogens is 528 g/mol. The van der Waals surface area contributed by atoms with Gasteiger partial charge in [-0.3, -0.25) is 9.59 Å². The van der Waals surface area contributed by atoms with Crippen LogP contribution in [0.15, 0.2) is 34.5 Å². The molecule has 2 rings (SSSR count). The monoisotopic (exact) mass is 562 g/mol. The molecule has 13 heteroatoms. The van der Waals surface area contributed by atoms with Gasteiger partial charge in [0.15, 0.2) is 23.0 Å². The average molecular weight is 563 g/mol. The Hall–Kier alpha value is -4.13. The number of thioether (sulfide) groups is 1. The van der Waals surface area contributed by atoms with E-state index in [0.717, 1.165) is 0 Å². The van der Waals surface area contributed by atoms with Crippen LogP contribution in [0.5, 0.6) is 34.5 Å². The predicted molar refractivity (Wildman–Crippen MR) is 150 cm³/mol. The molecule has 212 valence electrons. The van der Waals surface area contributed by atoms with Gasteiger partial charge >= 0.3 is 0 Å². The van der Waals surface area contributed by atoms with Crippen molar-refractivity contribution in [3.05, 3.63) is 35.4 Å². The summed E-state index contributed by atoms with van der Waals surface area (Å²) in [7, 11) is 9.12. The third-order valence-electron chi connectivity index (χ3n) is 5.13. The average Bonchev–Trinajstić information content (AvgIpc) is 2.95. The number of benzene rings is 2. The maximum Gasteiger partial charge on any atom is 0.240 e. The van der Waals surface area contributed by atoms with Crippen molar-refractivity contribution < 1.29 is 38.0 Å². The van der Waals surface area contributed by atoms with Crippen molar-refractivity contribution >= 4 is 36.0 Å². The number of hydrogen-bond acceptors (Lipinski definition) is 11. The van der Waals surface area contributed by atoms with Gasteiger partial charge in [0.25, 0.3) is 0 Å². The van der Waals surface area contributed by atoms with E-state index in [-0.39, 0.29) is 24.7 Å². The van der Waals surface area contributed by atoms with Crippen LogP contribution >= 0.6 is 11.8 Å². The van der Waals surface area contributed by atoms with E-state index in [4.69, 9.17) is 28.4 Å². The van der Waals surface area contributed by atoms with Gasteiger partial charge in [-0.05, 0) is 24.3 Å². The van der Waals surface area contributed by atoms with E-state index in [2.05, 4.69) is 21.1 Å². The third kappa shape index (κ3) is 9.60. The number of hydrogen-bond donors (Lipinski definition) is 2. The van der Waals surface area contributed by atoms with Gasteiger partial charge in [0.2, 0.25) is 23.3 Å². The second kappa shape index (κ2) is 16.7. The highest BCUT2D eigenvalue weighted by Crippen LogP contribution is 2.38. The molecule has 12 nitrogen and oxygen atoms in total. The number of amides is 2. The second-order valence-electron chi connectivity index (χ2n) is 7.62. The zero-order valence-electron chi connectivity index (χ0n) is 22.9. The normalized spacial score (nSPS) is 10.8. The van der Waals surface area contributed by atoms with Crippen LogP contribution in [-0.4, -0.2) is 78.4 Å². The van der Waals surface area contributed by atoms with Gasteiger partial charge in [-0.15, -0.1) is 0 Å². The molecule has 0 aliphatic carbocycles. The number of carbonyl (C=O) groups excluding carboxylic acids is 2. The molecule has 0 bridgehead atoms. The van der Waals surface area contributed by atoms with Crippen molar-refractivity contribution in [3.63, 3.8) is 0 Å². The van der Waals surface area contributed by atoms with Crippen molar-refractivity contribution in [1.82, 2.24) is 10.9 Å². The van der Waals surface area contributed by atoms with Crippen LogP contribution in [0.25, 0.3) is 0 Å². The highest BCUT2D eigenvalue weighted by molar-refractivity contribution is 7.99. The third-order valence-corrected chi connectivity index (χ3v) is 6.11. The van der Waals surface area contributed by atoms with Crippen molar-refractivity contribution in [2.45, 2.75) is 12.8 Å². The van der Waals surface area contributed by atoms with Gasteiger partial charge in [0.1, 0.15) is 0 Å². The van der Waals surface area contributed by atoms with Crippen molar-refractivity contribution in [2.75, 3.05) is 54.2 Å². The summed E-state index contributed by atoms with van der Waals surface area (Å²) >= 11 is 1.48. The highest BCUT2D eigenvalue weighted by atomic mass is 32.2. The quantitative estimate of drug-likeness (QED) is 0.180. The Morgan fingerprint density at radius 1 is 0.641 bits per heavy atom. The first kappa shape index (κ1) is 31.1. The van der Waals surface area contributed by atoms with E-state index < -0.39 is 0 Å². The minimum Gasteiger partial charge on any atom is -0.493 e. The fourth-order valence-corrected chi connectivity index (χ4v) is 4.12. The number of ether oxygens (including phenoxy) is 6. The molecule has 0 radical (unpaired) electrons. The zero-order chi connectivity index (χ0) is 28.6. The summed E-state index contributed by atoms with van der Waals surface area (Å²) in [6.07, 6.45) is 3.47. The smallest absolute Gasteiger partial charge is 0.240 e. The molecule has 0 heterocycles. The molecule has 2 N–H and O–H groups in total. The van der Waals surface area contributed by atoms with E-state index in [1.807, 2.05) is 0 Å². The number of hydrazone groups is 2. The molecule has 39 heavy (non-hydrogen) atoms. The lowest BCUT2D eigenvalue weighted by Crippen LogP contribution is -2.19. The fourth-order valence-electron chi connectivity index (χ4n) is 3.25. The topological polar surface area (TPSA) is 138 Å². The van der Waals surface area contributed by atoms with Gasteiger partial charge in [-0.1, -0.05) is 0 Å². The Morgan fingerprint density at radius 2 is 0.974 bits per heavy atom.